The Morgan fingerprint density at radius 1 is 1.43 bits per heavy atom. The smallest absolute Gasteiger partial charge is 0.152 e. The van der Waals surface area contributed by atoms with Crippen molar-refractivity contribution in [2.45, 2.75) is 32.4 Å². The molecule has 2 aromatic rings. The molecule has 0 unspecified atom stereocenters. The van der Waals surface area contributed by atoms with Gasteiger partial charge in [-0.3, -0.25) is 0 Å². The highest BCUT2D eigenvalue weighted by atomic mass is 79.9. The summed E-state index contributed by atoms with van der Waals surface area (Å²) in [5.41, 5.74) is 3.07. The van der Waals surface area contributed by atoms with E-state index in [2.05, 4.69) is 58.3 Å². The van der Waals surface area contributed by atoms with E-state index in [0.29, 0.717) is 11.7 Å². The van der Waals surface area contributed by atoms with Gasteiger partial charge in [0.25, 0.3) is 0 Å². The van der Waals surface area contributed by atoms with Crippen LogP contribution in [-0.2, 0) is 13.0 Å². The fraction of sp³-hybridized carbons (Fsp3) is 0.312. The minimum absolute atomic E-state index is 0.132. The summed E-state index contributed by atoms with van der Waals surface area (Å²) >= 11 is 9.50. The van der Waals surface area contributed by atoms with Gasteiger partial charge in [0.15, 0.2) is 5.15 Å². The fourth-order valence-corrected chi connectivity index (χ4v) is 3.06. The summed E-state index contributed by atoms with van der Waals surface area (Å²) in [5, 5.41) is 3.79. The molecule has 3 nitrogen and oxygen atoms in total. The lowest BCUT2D eigenvalue weighted by Gasteiger charge is -2.18. The minimum Gasteiger partial charge on any atom is -0.487 e. The van der Waals surface area contributed by atoms with Crippen LogP contribution in [0.5, 0.6) is 5.75 Å². The van der Waals surface area contributed by atoms with Crippen molar-refractivity contribution in [2.75, 3.05) is 5.32 Å². The molecule has 0 radical (unpaired) electrons. The highest BCUT2D eigenvalue weighted by Crippen LogP contribution is 2.38. The summed E-state index contributed by atoms with van der Waals surface area (Å²) in [7, 11) is 0. The van der Waals surface area contributed by atoms with Crippen LogP contribution in [0.4, 0.5) is 5.69 Å². The molecule has 2 heterocycles. The van der Waals surface area contributed by atoms with Crippen LogP contribution in [0.1, 0.15) is 25.0 Å². The highest BCUT2D eigenvalue weighted by Gasteiger charge is 2.31. The van der Waals surface area contributed by atoms with E-state index in [1.54, 1.807) is 6.20 Å². The van der Waals surface area contributed by atoms with Crippen molar-refractivity contribution in [3.63, 3.8) is 0 Å². The fourth-order valence-electron chi connectivity index (χ4n) is 2.56. The third-order valence-corrected chi connectivity index (χ3v) is 4.18. The number of hydrogen-bond donors (Lipinski definition) is 1. The lowest BCUT2D eigenvalue weighted by Crippen LogP contribution is -2.25. The van der Waals surface area contributed by atoms with Crippen LogP contribution in [0.2, 0.25) is 5.15 Å². The number of nitrogens with one attached hydrogen (secondary N) is 1. The van der Waals surface area contributed by atoms with Gasteiger partial charge in [-0.15, -0.1) is 0 Å². The van der Waals surface area contributed by atoms with Gasteiger partial charge >= 0.3 is 0 Å². The molecule has 1 aromatic heterocycles. The average Bonchev–Trinajstić information content (AvgIpc) is 2.74. The molecule has 1 aliphatic heterocycles. The first-order valence-electron chi connectivity index (χ1n) is 6.79. The summed E-state index contributed by atoms with van der Waals surface area (Å²) in [6.07, 6.45) is 2.62. The van der Waals surface area contributed by atoms with Crippen molar-refractivity contribution in [3.8, 4) is 5.75 Å². The molecule has 0 saturated carbocycles. The zero-order valence-electron chi connectivity index (χ0n) is 11.9. The van der Waals surface area contributed by atoms with Crippen LogP contribution in [0, 0.1) is 0 Å². The number of anilines is 1. The second kappa shape index (κ2) is 5.50. The Bertz CT molecular complexity index is 688. The zero-order chi connectivity index (χ0) is 15.0. The number of halogens is 2. The SMILES string of the molecule is CC1(C)Cc2cccc(CNc3cc(Br)cnc3Cl)c2O1. The Balaban J connectivity index is 1.81. The van der Waals surface area contributed by atoms with Gasteiger partial charge in [-0.05, 0) is 41.4 Å². The number of hydrogen-bond acceptors (Lipinski definition) is 3. The molecule has 0 spiro atoms. The molecule has 5 heteroatoms. The van der Waals surface area contributed by atoms with Crippen LogP contribution >= 0.6 is 27.5 Å². The molecule has 110 valence electrons. The molecule has 0 saturated heterocycles. The Morgan fingerprint density at radius 3 is 3.05 bits per heavy atom. The van der Waals surface area contributed by atoms with E-state index in [9.17, 15) is 0 Å². The maximum absolute atomic E-state index is 6.10. The van der Waals surface area contributed by atoms with Crippen LogP contribution in [0.25, 0.3) is 0 Å². The molecule has 1 aromatic carbocycles. The third-order valence-electron chi connectivity index (χ3n) is 3.45. The standard InChI is InChI=1S/C16H16BrClN2O/c1-16(2)7-10-4-3-5-11(14(10)21-16)8-19-13-6-12(17)9-20-15(13)18/h3-6,9,19H,7-8H2,1-2H3. The van der Waals surface area contributed by atoms with Crippen LogP contribution in [0.15, 0.2) is 34.9 Å². The zero-order valence-corrected chi connectivity index (χ0v) is 14.3. The van der Waals surface area contributed by atoms with Gasteiger partial charge in [-0.1, -0.05) is 29.8 Å². The number of pyridine rings is 1. The van der Waals surface area contributed by atoms with Gasteiger partial charge in [-0.25, -0.2) is 4.98 Å². The highest BCUT2D eigenvalue weighted by molar-refractivity contribution is 9.10. The Labute approximate surface area is 137 Å². The number of nitrogens with zero attached hydrogens (tertiary/aromatic N) is 1. The molecular formula is C16H16BrClN2O. The van der Waals surface area contributed by atoms with E-state index in [-0.39, 0.29) is 5.60 Å². The molecule has 1 N–H and O–H groups in total. The lowest BCUT2D eigenvalue weighted by atomic mass is 10.0. The van der Waals surface area contributed by atoms with Crippen molar-refractivity contribution in [1.82, 2.24) is 4.98 Å². The van der Waals surface area contributed by atoms with E-state index in [1.165, 1.54) is 5.56 Å². The van der Waals surface area contributed by atoms with Crippen molar-refractivity contribution >= 4 is 33.2 Å². The van der Waals surface area contributed by atoms with Crippen molar-refractivity contribution in [3.05, 3.63) is 51.2 Å². The van der Waals surface area contributed by atoms with E-state index in [0.717, 1.165) is 27.9 Å². The largest absolute Gasteiger partial charge is 0.487 e. The predicted octanol–water partition coefficient (Wildman–Crippen LogP) is 4.82. The molecule has 21 heavy (non-hydrogen) atoms. The number of rotatable bonds is 3. The van der Waals surface area contributed by atoms with Crippen molar-refractivity contribution < 1.29 is 4.74 Å². The second-order valence-electron chi connectivity index (χ2n) is 5.79. The van der Waals surface area contributed by atoms with E-state index in [1.807, 2.05) is 6.07 Å². The molecule has 0 amide bonds. The summed E-state index contributed by atoms with van der Waals surface area (Å²) in [6.45, 7) is 4.87. The summed E-state index contributed by atoms with van der Waals surface area (Å²) in [5.74, 6) is 0.995. The van der Waals surface area contributed by atoms with Gasteiger partial charge in [-0.2, -0.15) is 0 Å². The normalized spacial score (nSPS) is 15.4. The summed E-state index contributed by atoms with van der Waals surface area (Å²) < 4.78 is 6.96. The predicted molar refractivity (Wildman–Crippen MR) is 89.1 cm³/mol. The molecule has 1 aliphatic rings. The quantitative estimate of drug-likeness (QED) is 0.790. The number of fused-ring (bicyclic) bond motifs is 1. The first-order valence-corrected chi connectivity index (χ1v) is 7.96. The first-order chi connectivity index (χ1) is 9.94. The van der Waals surface area contributed by atoms with Gasteiger partial charge in [0.05, 0.1) is 5.69 Å². The Hall–Kier alpha value is -1.26. The topological polar surface area (TPSA) is 34.2 Å². The number of para-hydroxylation sites is 1. The second-order valence-corrected chi connectivity index (χ2v) is 7.06. The van der Waals surface area contributed by atoms with Gasteiger partial charge in [0, 0.05) is 29.2 Å². The van der Waals surface area contributed by atoms with E-state index in [4.69, 9.17) is 16.3 Å². The monoisotopic (exact) mass is 366 g/mol. The average molecular weight is 368 g/mol. The van der Waals surface area contributed by atoms with Crippen molar-refractivity contribution in [1.29, 1.82) is 0 Å². The van der Waals surface area contributed by atoms with Crippen LogP contribution in [0.3, 0.4) is 0 Å². The third kappa shape index (κ3) is 3.16. The maximum atomic E-state index is 6.10. The lowest BCUT2D eigenvalue weighted by molar-refractivity contribution is 0.137. The number of benzene rings is 1. The van der Waals surface area contributed by atoms with Crippen LogP contribution in [-0.4, -0.2) is 10.6 Å². The first kappa shape index (κ1) is 14.7. The Morgan fingerprint density at radius 2 is 2.24 bits per heavy atom. The maximum Gasteiger partial charge on any atom is 0.152 e. The minimum atomic E-state index is -0.132. The van der Waals surface area contributed by atoms with E-state index < -0.39 is 0 Å². The molecule has 0 fully saturated rings. The molecule has 0 aliphatic carbocycles. The number of aromatic nitrogens is 1. The van der Waals surface area contributed by atoms with Crippen molar-refractivity contribution in [2.24, 2.45) is 0 Å². The van der Waals surface area contributed by atoms with E-state index >= 15 is 0 Å². The summed E-state index contributed by atoms with van der Waals surface area (Å²) in [6, 6.07) is 8.19. The van der Waals surface area contributed by atoms with Gasteiger partial charge in [0.1, 0.15) is 11.4 Å². The summed E-state index contributed by atoms with van der Waals surface area (Å²) in [4.78, 5) is 4.11. The molecular weight excluding hydrogens is 352 g/mol. The van der Waals surface area contributed by atoms with Gasteiger partial charge in [0.2, 0.25) is 0 Å². The number of ether oxygens (including phenoxy) is 1. The Kier molecular flexibility index (Phi) is 3.84. The molecule has 0 atom stereocenters. The molecule has 3 rings (SSSR count). The van der Waals surface area contributed by atoms with Gasteiger partial charge < -0.3 is 10.1 Å². The molecule has 0 bridgehead atoms. The van der Waals surface area contributed by atoms with Crippen LogP contribution < -0.4 is 10.1 Å².